The van der Waals surface area contributed by atoms with Gasteiger partial charge in [0.2, 0.25) is 0 Å². The second kappa shape index (κ2) is 6.06. The van der Waals surface area contributed by atoms with Crippen LogP contribution >= 0.6 is 0 Å². The van der Waals surface area contributed by atoms with Gasteiger partial charge in [0, 0.05) is 37.4 Å². The van der Waals surface area contributed by atoms with Gasteiger partial charge in [-0.1, -0.05) is 0 Å². The van der Waals surface area contributed by atoms with Gasteiger partial charge in [0.05, 0.1) is 18.1 Å². The molecule has 1 aromatic rings. The normalized spacial score (nSPS) is 21.7. The lowest BCUT2D eigenvalue weighted by atomic mass is 10.0. The van der Waals surface area contributed by atoms with Crippen molar-refractivity contribution in [2.24, 2.45) is 0 Å². The summed E-state index contributed by atoms with van der Waals surface area (Å²) in [5, 5.41) is 24.1. The lowest BCUT2D eigenvalue weighted by Gasteiger charge is -2.21. The summed E-state index contributed by atoms with van der Waals surface area (Å²) < 4.78 is 10.4. The summed E-state index contributed by atoms with van der Waals surface area (Å²) in [6.45, 7) is 3.29. The first kappa shape index (κ1) is 14.5. The lowest BCUT2D eigenvalue weighted by molar-refractivity contribution is -0.385. The van der Waals surface area contributed by atoms with Crippen molar-refractivity contribution in [2.45, 2.75) is 18.9 Å². The van der Waals surface area contributed by atoms with Crippen molar-refractivity contribution < 1.29 is 19.5 Å². The number of hydrogen-bond donors (Lipinski definition) is 2. The Bertz CT molecular complexity index is 486. The van der Waals surface area contributed by atoms with Crippen molar-refractivity contribution in [1.29, 1.82) is 0 Å². The van der Waals surface area contributed by atoms with E-state index in [1.165, 1.54) is 6.07 Å². The van der Waals surface area contributed by atoms with Crippen molar-refractivity contribution >= 4 is 11.4 Å². The van der Waals surface area contributed by atoms with E-state index >= 15 is 0 Å². The number of nitro groups is 1. The molecular weight excluding hydrogens is 264 g/mol. The molecule has 1 aliphatic rings. The van der Waals surface area contributed by atoms with Crippen LogP contribution < -0.4 is 10.1 Å². The highest BCUT2D eigenvalue weighted by atomic mass is 16.6. The van der Waals surface area contributed by atoms with E-state index in [0.29, 0.717) is 38.5 Å². The van der Waals surface area contributed by atoms with Crippen LogP contribution in [0.25, 0.3) is 0 Å². The van der Waals surface area contributed by atoms with Crippen LogP contribution in [0, 0.1) is 10.1 Å². The molecule has 1 aromatic carbocycles. The van der Waals surface area contributed by atoms with Crippen LogP contribution in [0.3, 0.4) is 0 Å². The van der Waals surface area contributed by atoms with E-state index in [2.05, 4.69) is 5.32 Å². The number of anilines is 1. The maximum absolute atomic E-state index is 10.9. The molecule has 1 atom stereocenters. The largest absolute Gasteiger partial charge is 0.487 e. The van der Waals surface area contributed by atoms with Gasteiger partial charge < -0.3 is 19.9 Å². The Morgan fingerprint density at radius 1 is 1.60 bits per heavy atom. The number of hydrogen-bond acceptors (Lipinski definition) is 6. The van der Waals surface area contributed by atoms with Crippen LogP contribution in [0.2, 0.25) is 0 Å². The third-order valence-corrected chi connectivity index (χ3v) is 3.16. The smallest absolute Gasteiger partial charge is 0.311 e. The monoisotopic (exact) mass is 282 g/mol. The second-order valence-electron chi connectivity index (χ2n) is 4.75. The Morgan fingerprint density at radius 2 is 2.40 bits per heavy atom. The Morgan fingerprint density at radius 3 is 3.00 bits per heavy atom. The predicted molar refractivity (Wildman–Crippen MR) is 73.1 cm³/mol. The van der Waals surface area contributed by atoms with E-state index in [4.69, 9.17) is 9.47 Å². The van der Waals surface area contributed by atoms with Crippen molar-refractivity contribution in [3.63, 3.8) is 0 Å². The molecule has 2 N–H and O–H groups in total. The van der Waals surface area contributed by atoms with Gasteiger partial charge in [-0.25, -0.2) is 0 Å². The van der Waals surface area contributed by atoms with Crippen molar-refractivity contribution in [3.8, 4) is 5.75 Å². The Labute approximate surface area is 116 Å². The topological polar surface area (TPSA) is 93.9 Å². The molecule has 1 fully saturated rings. The molecule has 0 saturated carbocycles. The first-order chi connectivity index (χ1) is 9.54. The summed E-state index contributed by atoms with van der Waals surface area (Å²) in [5.74, 6) is 0.220. The minimum atomic E-state index is -0.881. The minimum Gasteiger partial charge on any atom is -0.487 e. The molecule has 0 bridgehead atoms. The molecule has 2 rings (SSSR count). The minimum absolute atomic E-state index is 0.0692. The number of aliphatic hydroxyl groups is 1. The number of nitro benzene ring substituents is 1. The zero-order chi connectivity index (χ0) is 14.6. The first-order valence-corrected chi connectivity index (χ1v) is 6.49. The zero-order valence-electron chi connectivity index (χ0n) is 11.3. The Balaban J connectivity index is 2.08. The van der Waals surface area contributed by atoms with Gasteiger partial charge in [0.15, 0.2) is 5.75 Å². The highest BCUT2D eigenvalue weighted by Crippen LogP contribution is 2.30. The molecule has 0 amide bonds. The van der Waals surface area contributed by atoms with Crippen molar-refractivity contribution in [3.05, 3.63) is 28.3 Å². The van der Waals surface area contributed by atoms with Gasteiger partial charge >= 0.3 is 5.69 Å². The van der Waals surface area contributed by atoms with Gasteiger partial charge in [0.25, 0.3) is 0 Å². The maximum atomic E-state index is 10.9. The molecule has 20 heavy (non-hydrogen) atoms. The Hall–Kier alpha value is -1.86. The molecule has 7 heteroatoms. The van der Waals surface area contributed by atoms with Gasteiger partial charge in [0.1, 0.15) is 5.60 Å². The van der Waals surface area contributed by atoms with Crippen LogP contribution in [0.5, 0.6) is 5.75 Å². The van der Waals surface area contributed by atoms with Crippen LogP contribution in [-0.2, 0) is 4.74 Å². The highest BCUT2D eigenvalue weighted by molar-refractivity contribution is 5.58. The number of benzene rings is 1. The first-order valence-electron chi connectivity index (χ1n) is 6.49. The van der Waals surface area contributed by atoms with Crippen LogP contribution in [-0.4, -0.2) is 42.0 Å². The molecular formula is C13H18N2O5. The predicted octanol–water partition coefficient (Wildman–Crippen LogP) is 1.56. The van der Waals surface area contributed by atoms with Crippen LogP contribution in [0.15, 0.2) is 18.2 Å². The number of nitrogens with zero attached hydrogens (tertiary/aromatic N) is 1. The summed E-state index contributed by atoms with van der Waals surface area (Å²) in [4.78, 5) is 10.4. The van der Waals surface area contributed by atoms with E-state index in [9.17, 15) is 15.2 Å². The average Bonchev–Trinajstić information content (AvgIpc) is 2.84. The molecule has 1 heterocycles. The van der Waals surface area contributed by atoms with Gasteiger partial charge in [-0.05, 0) is 13.0 Å². The second-order valence-corrected chi connectivity index (χ2v) is 4.75. The van der Waals surface area contributed by atoms with Crippen LogP contribution in [0.1, 0.15) is 13.3 Å². The Kier molecular flexibility index (Phi) is 4.41. The molecule has 0 radical (unpaired) electrons. The molecule has 1 aliphatic heterocycles. The van der Waals surface area contributed by atoms with E-state index in [1.807, 2.05) is 0 Å². The zero-order valence-corrected chi connectivity index (χ0v) is 11.3. The third kappa shape index (κ3) is 3.37. The summed E-state index contributed by atoms with van der Waals surface area (Å²) in [6, 6.07) is 4.56. The molecule has 7 nitrogen and oxygen atoms in total. The van der Waals surface area contributed by atoms with Gasteiger partial charge in [-0.3, -0.25) is 10.1 Å². The van der Waals surface area contributed by atoms with Gasteiger partial charge in [-0.2, -0.15) is 0 Å². The fraction of sp³-hybridized carbons (Fsp3) is 0.538. The summed E-state index contributed by atoms with van der Waals surface area (Å²) in [6.07, 6.45) is 0.575. The quantitative estimate of drug-likeness (QED) is 0.607. The fourth-order valence-electron chi connectivity index (χ4n) is 2.05. The third-order valence-electron chi connectivity index (χ3n) is 3.16. The summed E-state index contributed by atoms with van der Waals surface area (Å²) >= 11 is 0. The maximum Gasteiger partial charge on any atom is 0.311 e. The van der Waals surface area contributed by atoms with E-state index < -0.39 is 10.5 Å². The number of rotatable bonds is 6. The van der Waals surface area contributed by atoms with Crippen molar-refractivity contribution in [1.82, 2.24) is 0 Å². The molecule has 110 valence electrons. The average molecular weight is 282 g/mol. The standard InChI is InChI=1S/C13H18N2O5/c1-2-20-12-7-10(3-4-11(12)15(17)18)14-8-13(16)5-6-19-9-13/h3-4,7,14,16H,2,5-6,8-9H2,1H3. The number of nitrogens with one attached hydrogen (secondary N) is 1. The van der Waals surface area contributed by atoms with Gasteiger partial charge in [-0.15, -0.1) is 0 Å². The summed E-state index contributed by atoms with van der Waals surface area (Å²) in [5.41, 5.74) is -0.284. The van der Waals surface area contributed by atoms with Crippen molar-refractivity contribution in [2.75, 3.05) is 31.7 Å². The summed E-state index contributed by atoms with van der Waals surface area (Å²) in [7, 11) is 0. The fourth-order valence-corrected chi connectivity index (χ4v) is 2.05. The molecule has 0 aromatic heterocycles. The SMILES string of the molecule is CCOc1cc(NCC2(O)CCOC2)ccc1[N+](=O)[O-]. The highest BCUT2D eigenvalue weighted by Gasteiger charge is 2.32. The molecule has 1 saturated heterocycles. The molecule has 0 spiro atoms. The van der Waals surface area contributed by atoms with Crippen LogP contribution in [0.4, 0.5) is 11.4 Å². The number of ether oxygens (including phenoxy) is 2. The molecule has 0 aliphatic carbocycles. The molecule has 1 unspecified atom stereocenters. The van der Waals surface area contributed by atoms with E-state index in [-0.39, 0.29) is 11.4 Å². The van der Waals surface area contributed by atoms with E-state index in [0.717, 1.165) is 0 Å². The van der Waals surface area contributed by atoms with E-state index in [1.54, 1.807) is 19.1 Å². The lowest BCUT2D eigenvalue weighted by Crippen LogP contribution is -2.37.